The smallest absolute Gasteiger partial charge is 0.169 e. The van der Waals surface area contributed by atoms with Crippen LogP contribution >= 0.6 is 23.6 Å². The number of rotatable bonds is 5. The van der Waals surface area contributed by atoms with Gasteiger partial charge in [0.05, 0.1) is 33.3 Å². The third-order valence-corrected chi connectivity index (χ3v) is 5.53. The van der Waals surface area contributed by atoms with E-state index in [0.29, 0.717) is 0 Å². The highest BCUT2D eigenvalue weighted by atomic mass is 32.1. The van der Waals surface area contributed by atoms with Crippen LogP contribution in [-0.4, -0.2) is 43.3 Å². The second kappa shape index (κ2) is 8.46. The second-order valence-electron chi connectivity index (χ2n) is 6.05. The molecule has 0 bridgehead atoms. The molecule has 6 heteroatoms. The topological polar surface area (TPSA) is 28.9 Å². The van der Waals surface area contributed by atoms with Crippen molar-refractivity contribution in [3.8, 4) is 5.75 Å². The van der Waals surface area contributed by atoms with E-state index in [2.05, 4.69) is 39.2 Å². The van der Waals surface area contributed by atoms with Gasteiger partial charge in [0.2, 0.25) is 0 Å². The first-order valence-electron chi connectivity index (χ1n) is 8.25. The van der Waals surface area contributed by atoms with Crippen LogP contribution in [0, 0.1) is 0 Å². The van der Waals surface area contributed by atoms with Crippen molar-refractivity contribution in [3.05, 3.63) is 52.2 Å². The van der Waals surface area contributed by atoms with Crippen molar-refractivity contribution in [1.29, 1.82) is 0 Å². The van der Waals surface area contributed by atoms with E-state index in [1.54, 1.807) is 23.3 Å². The summed E-state index contributed by atoms with van der Waals surface area (Å²) in [5, 5.41) is 8.64. The van der Waals surface area contributed by atoms with E-state index in [-0.39, 0.29) is 0 Å². The molecule has 2 N–H and O–H groups in total. The summed E-state index contributed by atoms with van der Waals surface area (Å²) >= 11 is 7.34. The molecule has 2 heterocycles. The molecule has 4 nitrogen and oxygen atoms in total. The predicted octanol–water partition coefficient (Wildman–Crippen LogP) is 1.53. The summed E-state index contributed by atoms with van der Waals surface area (Å²) < 4.78 is 5.18. The number of hydrogen-bond acceptors (Lipinski definition) is 3. The molecule has 0 amide bonds. The molecule has 24 heavy (non-hydrogen) atoms. The molecule has 1 aliphatic rings. The quantitative estimate of drug-likeness (QED) is 0.790. The lowest BCUT2D eigenvalue weighted by atomic mass is 10.2. The van der Waals surface area contributed by atoms with Crippen LogP contribution in [0.2, 0.25) is 0 Å². The molecular weight excluding hydrogens is 338 g/mol. The number of thiophene rings is 1. The average Bonchev–Trinajstić information content (AvgIpc) is 3.14. The number of benzene rings is 1. The fraction of sp³-hybridized carbons (Fsp3) is 0.389. The molecule has 1 aromatic carbocycles. The molecule has 0 spiro atoms. The van der Waals surface area contributed by atoms with Crippen molar-refractivity contribution < 1.29 is 9.64 Å². The van der Waals surface area contributed by atoms with E-state index in [0.717, 1.165) is 50.1 Å². The third kappa shape index (κ3) is 4.69. The number of hydrogen-bond donors (Lipinski definition) is 2. The maximum absolute atomic E-state index is 5.56. The minimum Gasteiger partial charge on any atom is -0.497 e. The molecule has 0 aliphatic carbocycles. The van der Waals surface area contributed by atoms with Gasteiger partial charge in [-0.3, -0.25) is 0 Å². The van der Waals surface area contributed by atoms with Crippen LogP contribution in [0.5, 0.6) is 5.75 Å². The number of methoxy groups -OCH3 is 1. The Hall–Kier alpha value is -1.63. The number of thiocarbonyl (C=S) groups is 1. The SMILES string of the molecule is COc1ccc(CNC(=S)N2CC[NH+](Cc3ccsc3)CC2)cc1. The van der Waals surface area contributed by atoms with Crippen molar-refractivity contribution in [2.24, 2.45) is 0 Å². The van der Waals surface area contributed by atoms with E-state index in [1.165, 1.54) is 11.1 Å². The minimum absolute atomic E-state index is 0.755. The molecule has 1 fully saturated rings. The number of quaternary nitrogens is 1. The van der Waals surface area contributed by atoms with E-state index in [9.17, 15) is 0 Å². The first-order chi connectivity index (χ1) is 11.7. The summed E-state index contributed by atoms with van der Waals surface area (Å²) in [4.78, 5) is 3.93. The van der Waals surface area contributed by atoms with Gasteiger partial charge in [0, 0.05) is 12.1 Å². The largest absolute Gasteiger partial charge is 0.497 e. The average molecular weight is 363 g/mol. The number of nitrogens with zero attached hydrogens (tertiary/aromatic N) is 1. The maximum Gasteiger partial charge on any atom is 0.169 e. The normalized spacial score (nSPS) is 15.3. The van der Waals surface area contributed by atoms with Crippen molar-refractivity contribution in [2.45, 2.75) is 13.1 Å². The predicted molar refractivity (Wildman–Crippen MR) is 103 cm³/mol. The molecular formula is C18H24N3OS2+. The fourth-order valence-electron chi connectivity index (χ4n) is 2.92. The van der Waals surface area contributed by atoms with Gasteiger partial charge in [-0.2, -0.15) is 11.3 Å². The Balaban J connectivity index is 1.41. The molecule has 2 aromatic rings. The monoisotopic (exact) mass is 362 g/mol. The lowest BCUT2D eigenvalue weighted by molar-refractivity contribution is -0.917. The highest BCUT2D eigenvalue weighted by Crippen LogP contribution is 2.11. The van der Waals surface area contributed by atoms with Gasteiger partial charge in [0.15, 0.2) is 5.11 Å². The van der Waals surface area contributed by atoms with Crippen LogP contribution in [0.4, 0.5) is 0 Å². The Morgan fingerprint density at radius 2 is 1.96 bits per heavy atom. The Labute approximate surface area is 153 Å². The number of piperazine rings is 1. The van der Waals surface area contributed by atoms with E-state index in [4.69, 9.17) is 17.0 Å². The van der Waals surface area contributed by atoms with Crippen LogP contribution in [0.15, 0.2) is 41.1 Å². The Morgan fingerprint density at radius 3 is 2.58 bits per heavy atom. The van der Waals surface area contributed by atoms with E-state index < -0.39 is 0 Å². The second-order valence-corrected chi connectivity index (χ2v) is 7.22. The minimum atomic E-state index is 0.755. The first-order valence-corrected chi connectivity index (χ1v) is 9.60. The zero-order valence-electron chi connectivity index (χ0n) is 14.0. The molecule has 0 unspecified atom stereocenters. The zero-order chi connectivity index (χ0) is 16.8. The van der Waals surface area contributed by atoms with Crippen LogP contribution < -0.4 is 15.0 Å². The van der Waals surface area contributed by atoms with Gasteiger partial charge in [-0.1, -0.05) is 12.1 Å². The van der Waals surface area contributed by atoms with Crippen LogP contribution in [0.25, 0.3) is 0 Å². The highest BCUT2D eigenvalue weighted by molar-refractivity contribution is 7.80. The standard InChI is InChI=1S/C18H23N3OS2/c1-22-17-4-2-15(3-5-17)12-19-18(23)21-9-7-20(8-10-21)13-16-6-11-24-14-16/h2-6,11,14H,7-10,12-13H2,1H3,(H,19,23)/p+1. The molecule has 3 rings (SSSR count). The molecule has 0 atom stereocenters. The van der Waals surface area contributed by atoms with Crippen molar-refractivity contribution in [3.63, 3.8) is 0 Å². The maximum atomic E-state index is 5.56. The molecule has 1 aliphatic heterocycles. The van der Waals surface area contributed by atoms with Gasteiger partial charge < -0.3 is 19.9 Å². The van der Waals surface area contributed by atoms with Crippen LogP contribution in [0.3, 0.4) is 0 Å². The summed E-state index contributed by atoms with van der Waals surface area (Å²) in [6.45, 7) is 6.20. The summed E-state index contributed by atoms with van der Waals surface area (Å²) in [5.74, 6) is 0.881. The van der Waals surface area contributed by atoms with Crippen molar-refractivity contribution in [2.75, 3.05) is 33.3 Å². The van der Waals surface area contributed by atoms with E-state index in [1.807, 2.05) is 12.1 Å². The first kappa shape index (κ1) is 17.2. The van der Waals surface area contributed by atoms with Gasteiger partial charge in [0.1, 0.15) is 12.3 Å². The van der Waals surface area contributed by atoms with Crippen molar-refractivity contribution >= 4 is 28.7 Å². The molecule has 1 aromatic heterocycles. The van der Waals surface area contributed by atoms with Gasteiger partial charge in [-0.05, 0) is 46.7 Å². The Kier molecular flexibility index (Phi) is 6.07. The molecule has 1 saturated heterocycles. The summed E-state index contributed by atoms with van der Waals surface area (Å²) in [6, 6.07) is 10.3. The van der Waals surface area contributed by atoms with Gasteiger partial charge in [-0.15, -0.1) is 0 Å². The number of ether oxygens (including phenoxy) is 1. The van der Waals surface area contributed by atoms with Crippen LogP contribution in [-0.2, 0) is 13.1 Å². The third-order valence-electron chi connectivity index (χ3n) is 4.39. The summed E-state index contributed by atoms with van der Waals surface area (Å²) in [6.07, 6.45) is 0. The van der Waals surface area contributed by atoms with E-state index >= 15 is 0 Å². The van der Waals surface area contributed by atoms with Crippen LogP contribution in [0.1, 0.15) is 11.1 Å². The molecule has 0 saturated carbocycles. The highest BCUT2D eigenvalue weighted by Gasteiger charge is 2.21. The number of nitrogens with one attached hydrogen (secondary N) is 2. The Bertz CT molecular complexity index is 635. The Morgan fingerprint density at radius 1 is 1.21 bits per heavy atom. The lowest BCUT2D eigenvalue weighted by Gasteiger charge is -2.33. The molecule has 0 radical (unpaired) electrons. The molecule has 128 valence electrons. The summed E-state index contributed by atoms with van der Waals surface area (Å²) in [7, 11) is 1.68. The zero-order valence-corrected chi connectivity index (χ0v) is 15.6. The van der Waals surface area contributed by atoms with Gasteiger partial charge in [0.25, 0.3) is 0 Å². The van der Waals surface area contributed by atoms with Gasteiger partial charge >= 0.3 is 0 Å². The fourth-order valence-corrected chi connectivity index (χ4v) is 3.84. The lowest BCUT2D eigenvalue weighted by Crippen LogP contribution is -3.13. The van der Waals surface area contributed by atoms with Gasteiger partial charge in [-0.25, -0.2) is 0 Å². The summed E-state index contributed by atoms with van der Waals surface area (Å²) in [5.41, 5.74) is 2.66. The van der Waals surface area contributed by atoms with Crippen molar-refractivity contribution in [1.82, 2.24) is 10.2 Å².